The van der Waals surface area contributed by atoms with Gasteiger partial charge in [-0.2, -0.15) is 0 Å². The maximum atomic E-state index is 13.4. The lowest BCUT2D eigenvalue weighted by atomic mass is 10.1. The van der Waals surface area contributed by atoms with Gasteiger partial charge in [0.15, 0.2) is 0 Å². The molecule has 0 unspecified atom stereocenters. The topological polar surface area (TPSA) is 66.5 Å². The second-order valence-electron chi connectivity index (χ2n) is 7.57. The summed E-state index contributed by atoms with van der Waals surface area (Å²) in [5, 5.41) is 0.492. The van der Waals surface area contributed by atoms with Crippen LogP contribution in [0.4, 0.5) is 10.1 Å². The Labute approximate surface area is 192 Å². The molecular formula is C24H24ClFN2O3S. The number of carbonyl (C=O) groups excluding carboxylic acids is 1. The molecule has 0 atom stereocenters. The monoisotopic (exact) mass is 474 g/mol. The zero-order chi connectivity index (χ0) is 23.5. The number of anilines is 1. The van der Waals surface area contributed by atoms with Crippen molar-refractivity contribution in [3.05, 3.63) is 93.8 Å². The number of aryl methyl sites for hydroxylation is 3. The van der Waals surface area contributed by atoms with Gasteiger partial charge in [0.05, 0.1) is 4.90 Å². The third kappa shape index (κ3) is 5.54. The molecule has 0 bridgehead atoms. The number of hydrogen-bond acceptors (Lipinski definition) is 3. The Hall–Kier alpha value is -2.74. The van der Waals surface area contributed by atoms with E-state index in [-0.39, 0.29) is 23.9 Å². The molecule has 0 saturated heterocycles. The summed E-state index contributed by atoms with van der Waals surface area (Å²) in [5.74, 6) is -0.783. The van der Waals surface area contributed by atoms with Gasteiger partial charge in [-0.1, -0.05) is 29.3 Å². The van der Waals surface area contributed by atoms with Gasteiger partial charge in [0, 0.05) is 29.4 Å². The average molecular weight is 475 g/mol. The number of amides is 1. The van der Waals surface area contributed by atoms with Crippen molar-refractivity contribution in [1.29, 1.82) is 0 Å². The van der Waals surface area contributed by atoms with E-state index in [1.807, 2.05) is 19.1 Å². The van der Waals surface area contributed by atoms with E-state index >= 15 is 0 Å². The molecule has 3 rings (SSSR count). The van der Waals surface area contributed by atoms with Gasteiger partial charge >= 0.3 is 0 Å². The first-order valence-corrected chi connectivity index (χ1v) is 11.8. The number of nitrogens with one attached hydrogen (secondary N) is 1. The smallest absolute Gasteiger partial charge is 0.258 e. The third-order valence-electron chi connectivity index (χ3n) is 4.98. The molecule has 0 aliphatic heterocycles. The third-order valence-corrected chi connectivity index (χ3v) is 6.99. The zero-order valence-corrected chi connectivity index (χ0v) is 19.6. The lowest BCUT2D eigenvalue weighted by Gasteiger charge is -2.23. The van der Waals surface area contributed by atoms with Crippen molar-refractivity contribution in [2.75, 3.05) is 18.0 Å². The fourth-order valence-electron chi connectivity index (χ4n) is 3.67. The minimum Gasteiger partial charge on any atom is -0.307 e. The molecule has 1 amide bonds. The summed E-state index contributed by atoms with van der Waals surface area (Å²) in [5.41, 5.74) is 3.13. The van der Waals surface area contributed by atoms with Crippen molar-refractivity contribution >= 4 is 33.2 Å². The summed E-state index contributed by atoms with van der Waals surface area (Å²) in [7, 11) is -3.78. The van der Waals surface area contributed by atoms with Gasteiger partial charge in [0.1, 0.15) is 5.82 Å². The lowest BCUT2D eigenvalue weighted by molar-refractivity contribution is 0.0987. The number of hydrogen-bond donors (Lipinski definition) is 1. The van der Waals surface area contributed by atoms with Crippen LogP contribution in [0.15, 0.2) is 65.6 Å². The van der Waals surface area contributed by atoms with Gasteiger partial charge in [-0.3, -0.25) is 4.79 Å². The molecule has 32 heavy (non-hydrogen) atoms. The summed E-state index contributed by atoms with van der Waals surface area (Å²) in [4.78, 5) is 14.8. The Kier molecular flexibility index (Phi) is 7.33. The van der Waals surface area contributed by atoms with Crippen LogP contribution in [0.3, 0.4) is 0 Å². The second kappa shape index (κ2) is 9.81. The van der Waals surface area contributed by atoms with Crippen molar-refractivity contribution in [2.45, 2.75) is 25.7 Å². The maximum absolute atomic E-state index is 13.4. The highest BCUT2D eigenvalue weighted by Gasteiger charge is 2.22. The SMILES string of the molecule is Cc1cc(C)c(S(=O)(=O)NCCN(C(=O)c2ccc(Cl)cc2)c2ccc(F)cc2)c(C)c1. The number of sulfonamides is 1. The Morgan fingerprint density at radius 1 is 0.969 bits per heavy atom. The van der Waals surface area contributed by atoms with E-state index in [2.05, 4.69) is 4.72 Å². The highest BCUT2D eigenvalue weighted by molar-refractivity contribution is 7.89. The predicted molar refractivity (Wildman–Crippen MR) is 125 cm³/mol. The molecule has 8 heteroatoms. The highest BCUT2D eigenvalue weighted by Crippen LogP contribution is 2.22. The Bertz CT molecular complexity index is 1200. The van der Waals surface area contributed by atoms with Crippen LogP contribution >= 0.6 is 11.6 Å². The normalized spacial score (nSPS) is 11.4. The molecule has 0 fully saturated rings. The number of halogens is 2. The molecule has 3 aromatic rings. The van der Waals surface area contributed by atoms with Crippen molar-refractivity contribution < 1.29 is 17.6 Å². The number of rotatable bonds is 7. The molecule has 3 aromatic carbocycles. The van der Waals surface area contributed by atoms with E-state index in [0.717, 1.165) is 5.56 Å². The van der Waals surface area contributed by atoms with E-state index in [1.165, 1.54) is 29.2 Å². The minimum atomic E-state index is -3.78. The first-order valence-electron chi connectivity index (χ1n) is 9.99. The summed E-state index contributed by atoms with van der Waals surface area (Å²) in [6.45, 7) is 5.45. The van der Waals surface area contributed by atoms with Crippen molar-refractivity contribution in [3.63, 3.8) is 0 Å². The Morgan fingerprint density at radius 2 is 1.53 bits per heavy atom. The van der Waals surface area contributed by atoms with E-state index < -0.39 is 15.8 Å². The summed E-state index contributed by atoms with van der Waals surface area (Å²) in [6, 6.07) is 15.5. The van der Waals surface area contributed by atoms with E-state index in [1.54, 1.807) is 38.1 Å². The maximum Gasteiger partial charge on any atom is 0.258 e. The Balaban J connectivity index is 1.83. The van der Waals surface area contributed by atoms with Gasteiger partial charge < -0.3 is 4.90 Å². The van der Waals surface area contributed by atoms with Crippen LogP contribution in [0.2, 0.25) is 5.02 Å². The first kappa shape index (κ1) is 23.9. The molecule has 0 radical (unpaired) electrons. The van der Waals surface area contributed by atoms with E-state index in [0.29, 0.717) is 27.4 Å². The standard InChI is InChI=1S/C24H24ClFN2O3S/c1-16-14-17(2)23(18(3)15-16)32(30,31)27-12-13-28(22-10-8-21(26)9-11-22)24(29)19-4-6-20(25)7-5-19/h4-11,14-15,27H,12-13H2,1-3H3. The number of carbonyl (C=O) groups is 1. The van der Waals surface area contributed by atoms with E-state index in [4.69, 9.17) is 11.6 Å². The van der Waals surface area contributed by atoms with Crippen LogP contribution in [-0.2, 0) is 10.0 Å². The van der Waals surface area contributed by atoms with Crippen molar-refractivity contribution in [3.8, 4) is 0 Å². The van der Waals surface area contributed by atoms with Gasteiger partial charge in [0.25, 0.3) is 5.91 Å². The van der Waals surface area contributed by atoms with Crippen LogP contribution in [0.5, 0.6) is 0 Å². The molecule has 5 nitrogen and oxygen atoms in total. The van der Waals surface area contributed by atoms with Crippen molar-refractivity contribution in [2.24, 2.45) is 0 Å². The zero-order valence-electron chi connectivity index (χ0n) is 18.0. The van der Waals surface area contributed by atoms with Gasteiger partial charge in [-0.15, -0.1) is 0 Å². The molecule has 0 saturated carbocycles. The molecule has 0 aliphatic rings. The largest absolute Gasteiger partial charge is 0.307 e. The predicted octanol–water partition coefficient (Wildman–Crippen LogP) is 5.03. The van der Waals surface area contributed by atoms with Crippen LogP contribution < -0.4 is 9.62 Å². The first-order chi connectivity index (χ1) is 15.1. The fraction of sp³-hybridized carbons (Fsp3) is 0.208. The van der Waals surface area contributed by atoms with Crippen molar-refractivity contribution in [1.82, 2.24) is 4.72 Å². The quantitative estimate of drug-likeness (QED) is 0.522. The molecule has 0 aliphatic carbocycles. The minimum absolute atomic E-state index is 0.0220. The molecule has 0 heterocycles. The van der Waals surface area contributed by atoms with Gasteiger partial charge in [-0.25, -0.2) is 17.5 Å². The summed E-state index contributed by atoms with van der Waals surface area (Å²) in [6.07, 6.45) is 0. The van der Waals surface area contributed by atoms with Crippen LogP contribution in [0, 0.1) is 26.6 Å². The van der Waals surface area contributed by atoms with Crippen LogP contribution in [-0.4, -0.2) is 27.4 Å². The number of benzene rings is 3. The fourth-order valence-corrected chi connectivity index (χ4v) is 5.27. The molecule has 168 valence electrons. The molecule has 1 N–H and O–H groups in total. The van der Waals surface area contributed by atoms with E-state index in [9.17, 15) is 17.6 Å². The molecule has 0 spiro atoms. The van der Waals surface area contributed by atoms with Crippen LogP contribution in [0.1, 0.15) is 27.0 Å². The number of nitrogens with zero attached hydrogens (tertiary/aromatic N) is 1. The summed E-state index contributed by atoms with van der Waals surface area (Å²) < 4.78 is 41.9. The molecular weight excluding hydrogens is 451 g/mol. The average Bonchev–Trinajstić information content (AvgIpc) is 2.71. The second-order valence-corrected chi connectivity index (χ2v) is 9.71. The van der Waals surface area contributed by atoms with Gasteiger partial charge in [-0.05, 0) is 80.4 Å². The lowest BCUT2D eigenvalue weighted by Crippen LogP contribution is -2.39. The van der Waals surface area contributed by atoms with Gasteiger partial charge in [0.2, 0.25) is 10.0 Å². The van der Waals surface area contributed by atoms with Crippen LogP contribution in [0.25, 0.3) is 0 Å². The highest BCUT2D eigenvalue weighted by atomic mass is 35.5. The summed E-state index contributed by atoms with van der Waals surface area (Å²) >= 11 is 5.91. The Morgan fingerprint density at radius 3 is 2.09 bits per heavy atom. The molecule has 0 aromatic heterocycles.